The molecule has 0 bridgehead atoms. The van der Waals surface area contributed by atoms with Crippen molar-refractivity contribution in [3.63, 3.8) is 0 Å². The van der Waals surface area contributed by atoms with E-state index in [-0.39, 0.29) is 0 Å². The average molecular weight is 306 g/mol. The monoisotopic (exact) mass is 306 g/mol. The summed E-state index contributed by atoms with van der Waals surface area (Å²) in [6.45, 7) is 13.6. The second-order valence-corrected chi connectivity index (χ2v) is 6.31. The summed E-state index contributed by atoms with van der Waals surface area (Å²) in [4.78, 5) is 5.06. The van der Waals surface area contributed by atoms with Crippen LogP contribution in [0, 0.1) is 5.92 Å². The molecule has 0 N–H and O–H groups in total. The van der Waals surface area contributed by atoms with Crippen LogP contribution in [0.1, 0.15) is 13.8 Å². The van der Waals surface area contributed by atoms with Gasteiger partial charge in [0.05, 0.1) is 13.2 Å². The third kappa shape index (κ3) is 6.77. The first-order valence-electron chi connectivity index (χ1n) is 8.44. The average Bonchev–Trinajstić information content (AvgIpc) is 2.53. The lowest BCUT2D eigenvalue weighted by Gasteiger charge is -2.35. The van der Waals surface area contributed by atoms with Gasteiger partial charge < -0.3 is 14.4 Å². The Hall–Kier alpha value is -1.10. The predicted molar refractivity (Wildman–Crippen MR) is 90.5 cm³/mol. The van der Waals surface area contributed by atoms with Crippen LogP contribution >= 0.6 is 0 Å². The van der Waals surface area contributed by atoms with E-state index in [1.54, 1.807) is 0 Å². The van der Waals surface area contributed by atoms with Crippen molar-refractivity contribution in [3.8, 4) is 5.75 Å². The summed E-state index contributed by atoms with van der Waals surface area (Å²) in [5.74, 6) is 1.67. The number of benzene rings is 1. The van der Waals surface area contributed by atoms with Gasteiger partial charge in [0.25, 0.3) is 0 Å². The van der Waals surface area contributed by atoms with E-state index in [1.165, 1.54) is 19.6 Å². The minimum absolute atomic E-state index is 0.617. The van der Waals surface area contributed by atoms with Crippen molar-refractivity contribution in [1.29, 1.82) is 0 Å². The van der Waals surface area contributed by atoms with Crippen molar-refractivity contribution in [2.24, 2.45) is 5.92 Å². The maximum absolute atomic E-state index is 5.67. The van der Waals surface area contributed by atoms with Gasteiger partial charge in [-0.05, 0) is 18.1 Å². The van der Waals surface area contributed by atoms with Crippen LogP contribution in [-0.4, -0.2) is 68.9 Å². The van der Waals surface area contributed by atoms with E-state index in [1.807, 2.05) is 30.3 Å². The number of hydrogen-bond donors (Lipinski definition) is 0. The molecule has 0 aromatic heterocycles. The third-order valence-corrected chi connectivity index (χ3v) is 3.88. The maximum Gasteiger partial charge on any atom is 0.119 e. The fourth-order valence-electron chi connectivity index (χ4n) is 2.74. The molecule has 4 heteroatoms. The molecule has 0 atom stereocenters. The highest BCUT2D eigenvalue weighted by Crippen LogP contribution is 2.08. The molecule has 0 saturated carbocycles. The van der Waals surface area contributed by atoms with Gasteiger partial charge in [-0.2, -0.15) is 0 Å². The molecule has 0 unspecified atom stereocenters. The Kier molecular flexibility index (Phi) is 7.71. The number of hydrogen-bond acceptors (Lipinski definition) is 4. The van der Waals surface area contributed by atoms with Crippen LogP contribution in [0.4, 0.5) is 0 Å². The van der Waals surface area contributed by atoms with Gasteiger partial charge in [0.2, 0.25) is 0 Å². The van der Waals surface area contributed by atoms with Crippen LogP contribution in [0.15, 0.2) is 30.3 Å². The highest BCUT2D eigenvalue weighted by molar-refractivity contribution is 5.20. The van der Waals surface area contributed by atoms with Crippen LogP contribution in [0.3, 0.4) is 0 Å². The van der Waals surface area contributed by atoms with Gasteiger partial charge >= 0.3 is 0 Å². The van der Waals surface area contributed by atoms with Crippen molar-refractivity contribution < 1.29 is 9.47 Å². The normalized spacial score (nSPS) is 17.0. The summed E-state index contributed by atoms with van der Waals surface area (Å²) in [5, 5.41) is 0. The van der Waals surface area contributed by atoms with Crippen LogP contribution in [0.25, 0.3) is 0 Å². The molecule has 22 heavy (non-hydrogen) atoms. The molecule has 1 saturated heterocycles. The van der Waals surface area contributed by atoms with E-state index in [2.05, 4.69) is 23.6 Å². The first-order valence-corrected chi connectivity index (χ1v) is 8.44. The minimum Gasteiger partial charge on any atom is -0.491 e. The molecule has 0 spiro atoms. The maximum atomic E-state index is 5.67. The fraction of sp³-hybridized carbons (Fsp3) is 0.667. The summed E-state index contributed by atoms with van der Waals surface area (Å²) in [7, 11) is 0. The summed E-state index contributed by atoms with van der Waals surface area (Å²) < 4.78 is 11.3. The van der Waals surface area contributed by atoms with Crippen LogP contribution in [-0.2, 0) is 4.74 Å². The van der Waals surface area contributed by atoms with Crippen molar-refractivity contribution in [2.75, 3.05) is 59.1 Å². The molecule has 124 valence electrons. The molecule has 1 aromatic rings. The van der Waals surface area contributed by atoms with E-state index < -0.39 is 0 Å². The SMILES string of the molecule is CC(C)CN1CCN(CCOCCOc2ccccc2)CC1. The van der Waals surface area contributed by atoms with Crippen molar-refractivity contribution in [3.05, 3.63) is 30.3 Å². The summed E-state index contributed by atoms with van der Waals surface area (Å²) >= 11 is 0. The molecule has 1 fully saturated rings. The first-order chi connectivity index (χ1) is 10.7. The summed E-state index contributed by atoms with van der Waals surface area (Å²) in [5.41, 5.74) is 0. The molecule has 1 aromatic carbocycles. The van der Waals surface area contributed by atoms with Gasteiger partial charge in [-0.15, -0.1) is 0 Å². The van der Waals surface area contributed by atoms with Crippen LogP contribution < -0.4 is 4.74 Å². The standard InChI is InChI=1S/C18H30N2O2/c1-17(2)16-20-10-8-19(9-11-20)12-13-21-14-15-22-18-6-4-3-5-7-18/h3-7,17H,8-16H2,1-2H3. The lowest BCUT2D eigenvalue weighted by Crippen LogP contribution is -2.48. The Morgan fingerprint density at radius 1 is 0.909 bits per heavy atom. The van der Waals surface area contributed by atoms with Gasteiger partial charge in [-0.1, -0.05) is 32.0 Å². The van der Waals surface area contributed by atoms with Crippen molar-refractivity contribution >= 4 is 0 Å². The number of piperazine rings is 1. The predicted octanol–water partition coefficient (Wildman–Crippen LogP) is 2.36. The Labute approximate surface area is 135 Å². The number of nitrogens with zero attached hydrogens (tertiary/aromatic N) is 2. The molecule has 2 rings (SSSR count). The molecule has 1 aliphatic heterocycles. The topological polar surface area (TPSA) is 24.9 Å². The van der Waals surface area contributed by atoms with Gasteiger partial charge in [0.15, 0.2) is 0 Å². The molecule has 0 amide bonds. The van der Waals surface area contributed by atoms with Gasteiger partial charge in [-0.3, -0.25) is 4.90 Å². The van der Waals surface area contributed by atoms with Gasteiger partial charge in [-0.25, -0.2) is 0 Å². The molecule has 0 radical (unpaired) electrons. The molecular formula is C18H30N2O2. The Morgan fingerprint density at radius 3 is 2.27 bits per heavy atom. The highest BCUT2D eigenvalue weighted by atomic mass is 16.5. The van der Waals surface area contributed by atoms with E-state index in [9.17, 15) is 0 Å². The minimum atomic E-state index is 0.617. The van der Waals surface area contributed by atoms with Gasteiger partial charge in [0.1, 0.15) is 12.4 Å². The molecular weight excluding hydrogens is 276 g/mol. The quantitative estimate of drug-likeness (QED) is 0.654. The molecule has 1 aliphatic rings. The largest absolute Gasteiger partial charge is 0.491 e. The molecule has 4 nitrogen and oxygen atoms in total. The lowest BCUT2D eigenvalue weighted by molar-refractivity contribution is 0.0595. The van der Waals surface area contributed by atoms with Crippen molar-refractivity contribution in [1.82, 2.24) is 9.80 Å². The van der Waals surface area contributed by atoms with E-state index >= 15 is 0 Å². The zero-order chi connectivity index (χ0) is 15.6. The first kappa shape index (κ1) is 17.3. The number of ether oxygens (including phenoxy) is 2. The summed E-state index contributed by atoms with van der Waals surface area (Å²) in [6.07, 6.45) is 0. The zero-order valence-electron chi connectivity index (χ0n) is 14.0. The smallest absolute Gasteiger partial charge is 0.119 e. The fourth-order valence-corrected chi connectivity index (χ4v) is 2.74. The van der Waals surface area contributed by atoms with E-state index in [0.717, 1.165) is 37.9 Å². The molecule has 1 heterocycles. The van der Waals surface area contributed by atoms with Crippen LogP contribution in [0.5, 0.6) is 5.75 Å². The Bertz CT molecular complexity index is 389. The third-order valence-electron chi connectivity index (χ3n) is 3.88. The molecule has 0 aliphatic carbocycles. The second kappa shape index (κ2) is 9.82. The number of para-hydroxylation sites is 1. The second-order valence-electron chi connectivity index (χ2n) is 6.31. The van der Waals surface area contributed by atoms with E-state index in [4.69, 9.17) is 9.47 Å². The summed E-state index contributed by atoms with van der Waals surface area (Å²) in [6, 6.07) is 9.89. The van der Waals surface area contributed by atoms with Crippen molar-refractivity contribution in [2.45, 2.75) is 13.8 Å². The number of rotatable bonds is 9. The Morgan fingerprint density at radius 2 is 1.59 bits per heavy atom. The Balaban J connectivity index is 1.46. The van der Waals surface area contributed by atoms with E-state index in [0.29, 0.717) is 13.2 Å². The highest BCUT2D eigenvalue weighted by Gasteiger charge is 2.16. The zero-order valence-corrected chi connectivity index (χ0v) is 14.0. The van der Waals surface area contributed by atoms with Gasteiger partial charge in [0, 0.05) is 39.3 Å². The lowest BCUT2D eigenvalue weighted by atomic mass is 10.2. The van der Waals surface area contributed by atoms with Crippen LogP contribution in [0.2, 0.25) is 0 Å².